The topological polar surface area (TPSA) is 72.6 Å². The molecule has 0 aromatic heterocycles. The highest BCUT2D eigenvalue weighted by Gasteiger charge is 2.27. The first-order chi connectivity index (χ1) is 6.61. The Morgan fingerprint density at radius 1 is 1.57 bits per heavy atom. The molecule has 1 fully saturated rings. The van der Waals surface area contributed by atoms with E-state index < -0.39 is 0 Å². The van der Waals surface area contributed by atoms with E-state index in [1.165, 1.54) is 0 Å². The van der Waals surface area contributed by atoms with Gasteiger partial charge < -0.3 is 10.5 Å². The number of primary amides is 1. The second-order valence-electron chi connectivity index (χ2n) is 3.48. The van der Waals surface area contributed by atoms with Crippen molar-refractivity contribution >= 4 is 11.7 Å². The van der Waals surface area contributed by atoms with Crippen molar-refractivity contribution in [1.29, 1.82) is 0 Å². The number of nitrogens with two attached hydrogens (primary N) is 1. The van der Waals surface area contributed by atoms with E-state index in [1.54, 1.807) is 6.92 Å². The molecular formula is C9H16N2O3. The van der Waals surface area contributed by atoms with Crippen molar-refractivity contribution in [2.45, 2.75) is 19.4 Å². The van der Waals surface area contributed by atoms with Gasteiger partial charge in [-0.1, -0.05) is 0 Å². The Bertz CT molecular complexity index is 230. The van der Waals surface area contributed by atoms with Gasteiger partial charge in [0, 0.05) is 19.5 Å². The maximum atomic E-state index is 11.0. The first-order valence-electron chi connectivity index (χ1n) is 4.72. The third-order valence-corrected chi connectivity index (χ3v) is 2.32. The van der Waals surface area contributed by atoms with Crippen LogP contribution in [0, 0.1) is 0 Å². The fourth-order valence-corrected chi connectivity index (χ4v) is 1.47. The van der Waals surface area contributed by atoms with Gasteiger partial charge in [-0.15, -0.1) is 0 Å². The normalized spacial score (nSPS) is 23.4. The molecular weight excluding hydrogens is 184 g/mol. The van der Waals surface area contributed by atoms with Crippen LogP contribution in [0.3, 0.4) is 0 Å². The molecule has 1 heterocycles. The standard InChI is InChI=1S/C9H16N2O3/c1-7(12)2-3-11-4-5-14-6-8(11)9(10)13/h8H,2-6H2,1H3,(H2,10,13). The molecule has 0 aromatic carbocycles. The van der Waals surface area contributed by atoms with Crippen LogP contribution in [0.15, 0.2) is 0 Å². The SMILES string of the molecule is CC(=O)CCN1CCOCC1C(N)=O. The highest BCUT2D eigenvalue weighted by molar-refractivity contribution is 5.80. The molecule has 5 heteroatoms. The number of carbonyl (C=O) groups excluding carboxylic acids is 2. The summed E-state index contributed by atoms with van der Waals surface area (Å²) < 4.78 is 5.15. The fraction of sp³-hybridized carbons (Fsp3) is 0.778. The molecule has 1 atom stereocenters. The van der Waals surface area contributed by atoms with Crippen LogP contribution >= 0.6 is 0 Å². The molecule has 1 rings (SSSR count). The van der Waals surface area contributed by atoms with E-state index in [2.05, 4.69) is 0 Å². The van der Waals surface area contributed by atoms with Gasteiger partial charge in [0.2, 0.25) is 5.91 Å². The largest absolute Gasteiger partial charge is 0.378 e. The number of ether oxygens (including phenoxy) is 1. The number of nitrogens with zero attached hydrogens (tertiary/aromatic N) is 1. The molecule has 2 N–H and O–H groups in total. The van der Waals surface area contributed by atoms with Gasteiger partial charge in [0.25, 0.3) is 0 Å². The van der Waals surface area contributed by atoms with E-state index >= 15 is 0 Å². The van der Waals surface area contributed by atoms with Crippen molar-refractivity contribution in [2.75, 3.05) is 26.3 Å². The molecule has 0 saturated carbocycles. The molecule has 1 saturated heterocycles. The van der Waals surface area contributed by atoms with E-state index in [-0.39, 0.29) is 17.7 Å². The minimum absolute atomic E-state index is 0.125. The van der Waals surface area contributed by atoms with E-state index in [0.717, 1.165) is 0 Å². The van der Waals surface area contributed by atoms with Crippen LogP contribution in [-0.2, 0) is 14.3 Å². The predicted octanol–water partition coefficient (Wildman–Crippen LogP) is -0.848. The summed E-state index contributed by atoms with van der Waals surface area (Å²) in [7, 11) is 0. The summed E-state index contributed by atoms with van der Waals surface area (Å²) in [6, 6.07) is -0.372. The van der Waals surface area contributed by atoms with Gasteiger partial charge >= 0.3 is 0 Å². The molecule has 0 spiro atoms. The quantitative estimate of drug-likeness (QED) is 0.641. The van der Waals surface area contributed by atoms with Crippen molar-refractivity contribution in [2.24, 2.45) is 5.73 Å². The van der Waals surface area contributed by atoms with Crippen LogP contribution in [0.4, 0.5) is 0 Å². The summed E-state index contributed by atoms with van der Waals surface area (Å²) in [6.07, 6.45) is 0.462. The summed E-state index contributed by atoms with van der Waals surface area (Å²) in [4.78, 5) is 23.7. The molecule has 1 amide bonds. The Balaban J connectivity index is 2.45. The van der Waals surface area contributed by atoms with Crippen LogP contribution in [0.2, 0.25) is 0 Å². The van der Waals surface area contributed by atoms with Crippen LogP contribution < -0.4 is 5.73 Å². The molecule has 5 nitrogen and oxygen atoms in total. The average molecular weight is 200 g/mol. The molecule has 0 radical (unpaired) electrons. The van der Waals surface area contributed by atoms with Crippen LogP contribution in [0.25, 0.3) is 0 Å². The van der Waals surface area contributed by atoms with E-state index in [4.69, 9.17) is 10.5 Å². The monoisotopic (exact) mass is 200 g/mol. The van der Waals surface area contributed by atoms with Gasteiger partial charge in [0.1, 0.15) is 11.8 Å². The molecule has 0 aromatic rings. The average Bonchev–Trinajstić information content (AvgIpc) is 2.15. The third kappa shape index (κ3) is 3.08. The fourth-order valence-electron chi connectivity index (χ4n) is 1.47. The second kappa shape index (κ2) is 5.07. The van der Waals surface area contributed by atoms with Gasteiger partial charge in [0.15, 0.2) is 0 Å². The summed E-state index contributed by atoms with van der Waals surface area (Å²) in [6.45, 7) is 3.74. The number of ketones is 1. The number of carbonyl (C=O) groups is 2. The number of morpholine rings is 1. The zero-order valence-electron chi connectivity index (χ0n) is 8.36. The van der Waals surface area contributed by atoms with Crippen molar-refractivity contribution in [3.8, 4) is 0 Å². The smallest absolute Gasteiger partial charge is 0.237 e. The summed E-state index contributed by atoms with van der Waals surface area (Å²) >= 11 is 0. The van der Waals surface area contributed by atoms with Gasteiger partial charge in [-0.05, 0) is 6.92 Å². The zero-order chi connectivity index (χ0) is 10.6. The number of rotatable bonds is 4. The Kier molecular flexibility index (Phi) is 4.03. The van der Waals surface area contributed by atoms with Crippen LogP contribution in [-0.4, -0.2) is 48.9 Å². The van der Waals surface area contributed by atoms with Gasteiger partial charge in [-0.3, -0.25) is 14.5 Å². The zero-order valence-corrected chi connectivity index (χ0v) is 8.36. The van der Waals surface area contributed by atoms with E-state index in [9.17, 15) is 9.59 Å². The molecule has 1 aliphatic heterocycles. The van der Waals surface area contributed by atoms with Crippen molar-refractivity contribution < 1.29 is 14.3 Å². The van der Waals surface area contributed by atoms with E-state index in [0.29, 0.717) is 32.7 Å². The molecule has 1 unspecified atom stereocenters. The first kappa shape index (κ1) is 11.1. The third-order valence-electron chi connectivity index (χ3n) is 2.32. The lowest BCUT2D eigenvalue weighted by Crippen LogP contribution is -2.52. The number of hydrogen-bond donors (Lipinski definition) is 1. The van der Waals surface area contributed by atoms with Crippen LogP contribution in [0.1, 0.15) is 13.3 Å². The summed E-state index contributed by atoms with van der Waals surface area (Å²) in [5.74, 6) is -0.257. The Morgan fingerprint density at radius 3 is 2.86 bits per heavy atom. The van der Waals surface area contributed by atoms with Crippen molar-refractivity contribution in [3.05, 3.63) is 0 Å². The maximum Gasteiger partial charge on any atom is 0.237 e. The van der Waals surface area contributed by atoms with Gasteiger partial charge in [-0.2, -0.15) is 0 Å². The minimum atomic E-state index is -0.381. The minimum Gasteiger partial charge on any atom is -0.378 e. The van der Waals surface area contributed by atoms with E-state index in [1.807, 2.05) is 4.90 Å². The Hall–Kier alpha value is -0.940. The Morgan fingerprint density at radius 2 is 2.29 bits per heavy atom. The number of hydrogen-bond acceptors (Lipinski definition) is 4. The van der Waals surface area contributed by atoms with Gasteiger partial charge in [-0.25, -0.2) is 0 Å². The lowest BCUT2D eigenvalue weighted by Gasteiger charge is -2.33. The predicted molar refractivity (Wildman–Crippen MR) is 50.7 cm³/mol. The van der Waals surface area contributed by atoms with Gasteiger partial charge in [0.05, 0.1) is 13.2 Å². The number of amides is 1. The highest BCUT2D eigenvalue weighted by atomic mass is 16.5. The lowest BCUT2D eigenvalue weighted by atomic mass is 10.2. The summed E-state index contributed by atoms with van der Waals surface area (Å²) in [5.41, 5.74) is 5.22. The molecule has 0 aliphatic carbocycles. The molecule has 14 heavy (non-hydrogen) atoms. The lowest BCUT2D eigenvalue weighted by molar-refractivity contribution is -0.130. The van der Waals surface area contributed by atoms with Crippen molar-refractivity contribution in [3.63, 3.8) is 0 Å². The Labute approximate surface area is 83.2 Å². The molecule has 1 aliphatic rings. The molecule has 0 bridgehead atoms. The molecule has 80 valence electrons. The summed E-state index contributed by atoms with van der Waals surface area (Å²) in [5, 5.41) is 0. The van der Waals surface area contributed by atoms with Crippen molar-refractivity contribution in [1.82, 2.24) is 4.90 Å². The highest BCUT2D eigenvalue weighted by Crippen LogP contribution is 2.07. The number of Topliss-reactive ketones (excluding diaryl/α,β-unsaturated/α-hetero) is 1. The second-order valence-corrected chi connectivity index (χ2v) is 3.48. The van der Waals surface area contributed by atoms with Crippen LogP contribution in [0.5, 0.6) is 0 Å². The maximum absolute atomic E-state index is 11.0. The first-order valence-corrected chi connectivity index (χ1v) is 4.72.